The molecule has 1 aliphatic heterocycles. The van der Waals surface area contributed by atoms with Crippen LogP contribution in [0, 0.1) is 17.8 Å². The predicted molar refractivity (Wildman–Crippen MR) is 84.7 cm³/mol. The highest BCUT2D eigenvalue weighted by molar-refractivity contribution is 5.00. The fourth-order valence-corrected chi connectivity index (χ4v) is 4.55. The van der Waals surface area contributed by atoms with E-state index in [1.165, 1.54) is 19.3 Å². The number of ether oxygens (including phenoxy) is 1. The Kier molecular flexibility index (Phi) is 5.49. The molecular formula is C17H34N2O. The fourth-order valence-electron chi connectivity index (χ4n) is 4.55. The first-order valence-corrected chi connectivity index (χ1v) is 8.55. The van der Waals surface area contributed by atoms with Gasteiger partial charge < -0.3 is 10.5 Å². The molecular weight excluding hydrogens is 248 g/mol. The second-order valence-corrected chi connectivity index (χ2v) is 7.51. The molecule has 1 saturated carbocycles. The molecule has 3 nitrogen and oxygen atoms in total. The van der Waals surface area contributed by atoms with Crippen LogP contribution in [0.5, 0.6) is 0 Å². The average molecular weight is 282 g/mol. The lowest BCUT2D eigenvalue weighted by Gasteiger charge is -2.50. The molecule has 2 rings (SSSR count). The SMILES string of the molecule is CCC(C)(C(N)C1CC(C)CC(C)C1)N1CCOCC1. The minimum atomic E-state index is 0.130. The maximum absolute atomic E-state index is 6.81. The van der Waals surface area contributed by atoms with Crippen molar-refractivity contribution in [2.75, 3.05) is 26.3 Å². The van der Waals surface area contributed by atoms with Crippen LogP contribution in [0.1, 0.15) is 53.4 Å². The molecule has 1 heterocycles. The smallest absolute Gasteiger partial charge is 0.0594 e. The van der Waals surface area contributed by atoms with Crippen molar-refractivity contribution in [3.05, 3.63) is 0 Å². The van der Waals surface area contributed by atoms with Crippen molar-refractivity contribution in [2.24, 2.45) is 23.5 Å². The third-order valence-corrected chi connectivity index (χ3v) is 5.89. The van der Waals surface area contributed by atoms with Crippen LogP contribution in [-0.2, 0) is 4.74 Å². The summed E-state index contributed by atoms with van der Waals surface area (Å²) >= 11 is 0. The molecule has 0 radical (unpaired) electrons. The molecule has 118 valence electrons. The third-order valence-electron chi connectivity index (χ3n) is 5.89. The van der Waals surface area contributed by atoms with Crippen LogP contribution < -0.4 is 5.73 Å². The summed E-state index contributed by atoms with van der Waals surface area (Å²) in [5.41, 5.74) is 6.94. The largest absolute Gasteiger partial charge is 0.379 e. The van der Waals surface area contributed by atoms with Crippen LogP contribution >= 0.6 is 0 Å². The maximum Gasteiger partial charge on any atom is 0.0594 e. The Hall–Kier alpha value is -0.120. The number of morpholine rings is 1. The lowest BCUT2D eigenvalue weighted by molar-refractivity contribution is -0.0401. The fraction of sp³-hybridized carbons (Fsp3) is 1.00. The molecule has 1 aliphatic carbocycles. The van der Waals surface area contributed by atoms with Crippen LogP contribution in [0.15, 0.2) is 0 Å². The van der Waals surface area contributed by atoms with Crippen molar-refractivity contribution < 1.29 is 4.74 Å². The first-order valence-electron chi connectivity index (χ1n) is 8.55. The second kappa shape index (κ2) is 6.76. The highest BCUT2D eigenvalue weighted by atomic mass is 16.5. The molecule has 0 aromatic rings. The second-order valence-electron chi connectivity index (χ2n) is 7.51. The van der Waals surface area contributed by atoms with Gasteiger partial charge in [-0.2, -0.15) is 0 Å². The molecule has 0 spiro atoms. The van der Waals surface area contributed by atoms with E-state index in [1.54, 1.807) is 0 Å². The molecule has 0 bridgehead atoms. The molecule has 20 heavy (non-hydrogen) atoms. The van der Waals surface area contributed by atoms with E-state index in [2.05, 4.69) is 32.6 Å². The Morgan fingerprint density at radius 1 is 1.15 bits per heavy atom. The Balaban J connectivity index is 2.08. The quantitative estimate of drug-likeness (QED) is 0.861. The van der Waals surface area contributed by atoms with Crippen molar-refractivity contribution in [3.63, 3.8) is 0 Å². The van der Waals surface area contributed by atoms with Crippen molar-refractivity contribution in [3.8, 4) is 0 Å². The zero-order valence-corrected chi connectivity index (χ0v) is 13.9. The van der Waals surface area contributed by atoms with Gasteiger partial charge in [0.15, 0.2) is 0 Å². The molecule has 0 aromatic heterocycles. The van der Waals surface area contributed by atoms with Gasteiger partial charge in [0.2, 0.25) is 0 Å². The summed E-state index contributed by atoms with van der Waals surface area (Å²) in [6.45, 7) is 13.3. The number of hydrogen-bond donors (Lipinski definition) is 1. The number of rotatable bonds is 4. The first kappa shape index (κ1) is 16.3. The van der Waals surface area contributed by atoms with Crippen LogP contribution in [0.25, 0.3) is 0 Å². The first-order chi connectivity index (χ1) is 9.47. The van der Waals surface area contributed by atoms with E-state index >= 15 is 0 Å². The van der Waals surface area contributed by atoms with E-state index in [-0.39, 0.29) is 11.6 Å². The van der Waals surface area contributed by atoms with Crippen molar-refractivity contribution in [1.29, 1.82) is 0 Å². The summed E-state index contributed by atoms with van der Waals surface area (Å²) in [5.74, 6) is 2.35. The molecule has 1 saturated heterocycles. The van der Waals surface area contributed by atoms with E-state index in [0.717, 1.165) is 44.6 Å². The zero-order chi connectivity index (χ0) is 14.8. The number of hydrogen-bond acceptors (Lipinski definition) is 3. The molecule has 0 aromatic carbocycles. The van der Waals surface area contributed by atoms with Gasteiger partial charge in [0.25, 0.3) is 0 Å². The van der Waals surface area contributed by atoms with E-state index < -0.39 is 0 Å². The van der Waals surface area contributed by atoms with E-state index in [9.17, 15) is 0 Å². The summed E-state index contributed by atoms with van der Waals surface area (Å²) in [6, 6.07) is 0.288. The van der Waals surface area contributed by atoms with Crippen LogP contribution in [0.2, 0.25) is 0 Å². The Morgan fingerprint density at radius 2 is 1.70 bits per heavy atom. The van der Waals surface area contributed by atoms with Crippen molar-refractivity contribution in [2.45, 2.75) is 65.0 Å². The normalized spacial score (nSPS) is 37.4. The third kappa shape index (κ3) is 3.37. The van der Waals surface area contributed by atoms with Gasteiger partial charge >= 0.3 is 0 Å². The highest BCUT2D eigenvalue weighted by Gasteiger charge is 2.42. The van der Waals surface area contributed by atoms with Gasteiger partial charge in [-0.3, -0.25) is 4.90 Å². The van der Waals surface area contributed by atoms with Crippen LogP contribution in [-0.4, -0.2) is 42.8 Å². The zero-order valence-electron chi connectivity index (χ0n) is 13.9. The number of nitrogens with two attached hydrogens (primary N) is 1. The molecule has 0 amide bonds. The van der Waals surface area contributed by atoms with Gasteiger partial charge in [0, 0.05) is 24.7 Å². The average Bonchev–Trinajstić information content (AvgIpc) is 2.45. The highest BCUT2D eigenvalue weighted by Crippen LogP contribution is 2.39. The van der Waals surface area contributed by atoms with Gasteiger partial charge in [0.05, 0.1) is 13.2 Å². The van der Waals surface area contributed by atoms with Crippen molar-refractivity contribution in [1.82, 2.24) is 4.90 Å². The number of nitrogens with zero attached hydrogens (tertiary/aromatic N) is 1. The van der Waals surface area contributed by atoms with Gasteiger partial charge in [-0.05, 0) is 50.4 Å². The van der Waals surface area contributed by atoms with Gasteiger partial charge in [-0.25, -0.2) is 0 Å². The van der Waals surface area contributed by atoms with Gasteiger partial charge in [-0.1, -0.05) is 20.8 Å². The lowest BCUT2D eigenvalue weighted by Crippen LogP contribution is -2.63. The Labute approximate surface area is 125 Å². The summed E-state index contributed by atoms with van der Waals surface area (Å²) in [6.07, 6.45) is 5.13. The molecule has 2 N–H and O–H groups in total. The lowest BCUT2D eigenvalue weighted by atomic mass is 9.68. The van der Waals surface area contributed by atoms with E-state index in [1.807, 2.05) is 0 Å². The molecule has 4 unspecified atom stereocenters. The van der Waals surface area contributed by atoms with E-state index in [4.69, 9.17) is 10.5 Å². The molecule has 4 atom stereocenters. The summed E-state index contributed by atoms with van der Waals surface area (Å²) < 4.78 is 5.52. The maximum atomic E-state index is 6.81. The Morgan fingerprint density at radius 3 is 2.20 bits per heavy atom. The van der Waals surface area contributed by atoms with Gasteiger partial charge in [-0.15, -0.1) is 0 Å². The van der Waals surface area contributed by atoms with Crippen LogP contribution in [0.3, 0.4) is 0 Å². The van der Waals surface area contributed by atoms with E-state index in [0.29, 0.717) is 5.92 Å². The molecule has 3 heteroatoms. The standard InChI is InChI=1S/C17H34N2O/c1-5-17(4,19-6-8-20-9-7-19)16(18)15-11-13(2)10-14(3)12-15/h13-16H,5-12,18H2,1-4H3. The summed E-state index contributed by atoms with van der Waals surface area (Å²) in [4.78, 5) is 2.59. The van der Waals surface area contributed by atoms with Crippen molar-refractivity contribution >= 4 is 0 Å². The Bertz CT molecular complexity index is 293. The minimum absolute atomic E-state index is 0.130. The predicted octanol–water partition coefficient (Wildman–Crippen LogP) is 2.89. The monoisotopic (exact) mass is 282 g/mol. The topological polar surface area (TPSA) is 38.5 Å². The summed E-state index contributed by atoms with van der Waals surface area (Å²) in [7, 11) is 0. The summed E-state index contributed by atoms with van der Waals surface area (Å²) in [5, 5.41) is 0. The van der Waals surface area contributed by atoms with Crippen LogP contribution in [0.4, 0.5) is 0 Å². The molecule has 2 aliphatic rings. The minimum Gasteiger partial charge on any atom is -0.379 e. The molecule has 2 fully saturated rings. The van der Waals surface area contributed by atoms with Gasteiger partial charge in [0.1, 0.15) is 0 Å².